The molecule has 22 heavy (non-hydrogen) atoms. The fourth-order valence-electron chi connectivity index (χ4n) is 1.91. The Kier molecular flexibility index (Phi) is 4.68. The molecule has 0 saturated carbocycles. The second-order valence-electron chi connectivity index (χ2n) is 4.77. The van der Waals surface area contributed by atoms with E-state index in [1.807, 2.05) is 13.8 Å². The Morgan fingerprint density at radius 1 is 0.818 bits per heavy atom. The van der Waals surface area contributed by atoms with Crippen molar-refractivity contribution in [2.24, 2.45) is 0 Å². The Labute approximate surface area is 127 Å². The summed E-state index contributed by atoms with van der Waals surface area (Å²) in [5, 5.41) is 0. The van der Waals surface area contributed by atoms with E-state index in [1.54, 1.807) is 24.3 Å². The van der Waals surface area contributed by atoms with Crippen LogP contribution in [0.5, 0.6) is 11.5 Å². The van der Waals surface area contributed by atoms with Crippen LogP contribution >= 0.6 is 0 Å². The standard InChI is InChI=1S/C17H14O5/c1-11-3-5-15(13(7-11)9-18)21-17(20)22-16-6-4-12(2)8-14(16)10-19/h3-10H,1-2H3. The Morgan fingerprint density at radius 2 is 1.23 bits per heavy atom. The topological polar surface area (TPSA) is 69.7 Å². The van der Waals surface area contributed by atoms with Gasteiger partial charge < -0.3 is 9.47 Å². The van der Waals surface area contributed by atoms with Gasteiger partial charge in [0.2, 0.25) is 0 Å². The lowest BCUT2D eigenvalue weighted by Gasteiger charge is -2.09. The van der Waals surface area contributed by atoms with Gasteiger partial charge in [0, 0.05) is 0 Å². The van der Waals surface area contributed by atoms with Gasteiger partial charge in [-0.3, -0.25) is 9.59 Å². The van der Waals surface area contributed by atoms with E-state index in [0.717, 1.165) is 11.1 Å². The zero-order valence-electron chi connectivity index (χ0n) is 12.2. The van der Waals surface area contributed by atoms with Gasteiger partial charge in [0.1, 0.15) is 11.5 Å². The first-order valence-corrected chi connectivity index (χ1v) is 6.55. The van der Waals surface area contributed by atoms with Crippen LogP contribution in [0.2, 0.25) is 0 Å². The molecular weight excluding hydrogens is 284 g/mol. The van der Waals surface area contributed by atoms with Gasteiger partial charge in [0.05, 0.1) is 11.1 Å². The minimum Gasteiger partial charge on any atom is -0.394 e. The van der Waals surface area contributed by atoms with Crippen LogP contribution in [0.4, 0.5) is 4.79 Å². The van der Waals surface area contributed by atoms with E-state index in [1.165, 1.54) is 12.1 Å². The Balaban J connectivity index is 2.17. The number of rotatable bonds is 4. The molecule has 112 valence electrons. The quantitative estimate of drug-likeness (QED) is 0.491. The first-order chi connectivity index (χ1) is 10.5. The van der Waals surface area contributed by atoms with Gasteiger partial charge in [-0.25, -0.2) is 4.79 Å². The second-order valence-corrected chi connectivity index (χ2v) is 4.77. The van der Waals surface area contributed by atoms with Crippen LogP contribution in [0.3, 0.4) is 0 Å². The van der Waals surface area contributed by atoms with Crippen molar-refractivity contribution in [1.29, 1.82) is 0 Å². The molecule has 5 nitrogen and oxygen atoms in total. The molecule has 0 unspecified atom stereocenters. The van der Waals surface area contributed by atoms with Crippen molar-refractivity contribution < 1.29 is 23.9 Å². The molecule has 0 spiro atoms. The average Bonchev–Trinajstić information content (AvgIpc) is 2.50. The molecule has 0 N–H and O–H groups in total. The number of aryl methyl sites for hydroxylation is 2. The summed E-state index contributed by atoms with van der Waals surface area (Å²) in [5.41, 5.74) is 2.22. The molecule has 0 aromatic heterocycles. The third kappa shape index (κ3) is 3.58. The first kappa shape index (κ1) is 15.4. The summed E-state index contributed by atoms with van der Waals surface area (Å²) in [6.45, 7) is 3.63. The highest BCUT2D eigenvalue weighted by atomic mass is 16.7. The number of benzene rings is 2. The molecule has 0 fully saturated rings. The van der Waals surface area contributed by atoms with Crippen molar-refractivity contribution >= 4 is 18.7 Å². The lowest BCUT2D eigenvalue weighted by molar-refractivity contribution is 0.111. The summed E-state index contributed by atoms with van der Waals surface area (Å²) in [4.78, 5) is 33.8. The number of ether oxygens (including phenoxy) is 2. The Morgan fingerprint density at radius 3 is 1.59 bits per heavy atom. The van der Waals surface area contributed by atoms with Crippen LogP contribution in [0, 0.1) is 13.8 Å². The maximum atomic E-state index is 11.8. The fraction of sp³-hybridized carbons (Fsp3) is 0.118. The molecule has 2 aromatic rings. The van der Waals surface area contributed by atoms with Gasteiger partial charge in [0.25, 0.3) is 0 Å². The number of carbonyl (C=O) groups excluding carboxylic acids is 3. The van der Waals surface area contributed by atoms with Crippen molar-refractivity contribution in [3.63, 3.8) is 0 Å². The number of hydrogen-bond donors (Lipinski definition) is 0. The van der Waals surface area contributed by atoms with Crippen LogP contribution in [-0.2, 0) is 0 Å². The summed E-state index contributed by atoms with van der Waals surface area (Å²) >= 11 is 0. The highest BCUT2D eigenvalue weighted by Crippen LogP contribution is 2.21. The van der Waals surface area contributed by atoms with Crippen LogP contribution in [0.25, 0.3) is 0 Å². The highest BCUT2D eigenvalue weighted by Gasteiger charge is 2.14. The molecule has 2 aromatic carbocycles. The van der Waals surface area contributed by atoms with E-state index in [9.17, 15) is 14.4 Å². The smallest absolute Gasteiger partial charge is 0.394 e. The third-order valence-corrected chi connectivity index (χ3v) is 2.97. The summed E-state index contributed by atoms with van der Waals surface area (Å²) in [5.74, 6) is 0.204. The number of hydrogen-bond acceptors (Lipinski definition) is 5. The van der Waals surface area contributed by atoms with Crippen LogP contribution < -0.4 is 9.47 Å². The largest absolute Gasteiger partial charge is 0.519 e. The summed E-state index contributed by atoms with van der Waals surface area (Å²) in [6, 6.07) is 9.62. The van der Waals surface area contributed by atoms with Crippen LogP contribution in [-0.4, -0.2) is 18.7 Å². The minimum absolute atomic E-state index is 0.102. The molecular formula is C17H14O5. The summed E-state index contributed by atoms with van der Waals surface area (Å²) in [7, 11) is 0. The molecule has 0 saturated heterocycles. The average molecular weight is 298 g/mol. The lowest BCUT2D eigenvalue weighted by atomic mass is 10.1. The zero-order chi connectivity index (χ0) is 16.1. The molecule has 0 heterocycles. The van der Waals surface area contributed by atoms with E-state index in [-0.39, 0.29) is 22.6 Å². The summed E-state index contributed by atoms with van der Waals surface area (Å²) < 4.78 is 10.0. The molecule has 0 atom stereocenters. The molecule has 0 radical (unpaired) electrons. The molecule has 5 heteroatoms. The normalized spacial score (nSPS) is 9.91. The summed E-state index contributed by atoms with van der Waals surface area (Å²) in [6.07, 6.45) is 0.176. The minimum atomic E-state index is -1.01. The molecule has 0 aliphatic carbocycles. The third-order valence-electron chi connectivity index (χ3n) is 2.97. The lowest BCUT2D eigenvalue weighted by Crippen LogP contribution is -2.15. The zero-order valence-corrected chi connectivity index (χ0v) is 12.2. The van der Waals surface area contributed by atoms with E-state index in [2.05, 4.69) is 0 Å². The Bertz CT molecular complexity index is 672. The van der Waals surface area contributed by atoms with Gasteiger partial charge in [-0.1, -0.05) is 23.3 Å². The van der Waals surface area contributed by atoms with Crippen molar-refractivity contribution in [2.45, 2.75) is 13.8 Å². The fourth-order valence-corrected chi connectivity index (χ4v) is 1.91. The van der Waals surface area contributed by atoms with E-state index in [0.29, 0.717) is 12.6 Å². The van der Waals surface area contributed by atoms with E-state index >= 15 is 0 Å². The van der Waals surface area contributed by atoms with E-state index in [4.69, 9.17) is 9.47 Å². The van der Waals surface area contributed by atoms with Gasteiger partial charge in [0.15, 0.2) is 12.6 Å². The van der Waals surface area contributed by atoms with Crippen molar-refractivity contribution in [3.05, 3.63) is 58.7 Å². The van der Waals surface area contributed by atoms with Gasteiger partial charge in [-0.05, 0) is 38.1 Å². The molecule has 0 bridgehead atoms. The Hall–Kier alpha value is -2.95. The van der Waals surface area contributed by atoms with Crippen molar-refractivity contribution in [3.8, 4) is 11.5 Å². The maximum absolute atomic E-state index is 11.8. The SMILES string of the molecule is Cc1ccc(OC(=O)Oc2ccc(C)cc2C=O)c(C=O)c1. The van der Waals surface area contributed by atoms with Gasteiger partial charge >= 0.3 is 6.16 Å². The predicted molar refractivity (Wildman–Crippen MR) is 79.8 cm³/mol. The van der Waals surface area contributed by atoms with Crippen molar-refractivity contribution in [2.75, 3.05) is 0 Å². The van der Waals surface area contributed by atoms with Crippen LogP contribution in [0.1, 0.15) is 31.8 Å². The number of carbonyl (C=O) groups is 3. The maximum Gasteiger partial charge on any atom is 0.519 e. The molecule has 0 aliphatic heterocycles. The van der Waals surface area contributed by atoms with Gasteiger partial charge in [-0.2, -0.15) is 0 Å². The monoisotopic (exact) mass is 298 g/mol. The van der Waals surface area contributed by atoms with Crippen LogP contribution in [0.15, 0.2) is 36.4 Å². The highest BCUT2D eigenvalue weighted by molar-refractivity contribution is 5.83. The predicted octanol–water partition coefficient (Wildman–Crippen LogP) is 3.51. The second kappa shape index (κ2) is 6.67. The molecule has 0 amide bonds. The van der Waals surface area contributed by atoms with E-state index < -0.39 is 6.16 Å². The number of aldehydes is 2. The molecule has 0 aliphatic rings. The van der Waals surface area contributed by atoms with Crippen molar-refractivity contribution in [1.82, 2.24) is 0 Å². The first-order valence-electron chi connectivity index (χ1n) is 6.55. The van der Waals surface area contributed by atoms with Gasteiger partial charge in [-0.15, -0.1) is 0 Å². The molecule has 2 rings (SSSR count).